The molecule has 0 fully saturated rings. The lowest BCUT2D eigenvalue weighted by Gasteiger charge is -2.19. The number of hydrogen-bond donors (Lipinski definition) is 1. The number of benzene rings is 1. The number of rotatable bonds is 3. The minimum Gasteiger partial charge on any atom is -0.386 e. The van der Waals surface area contributed by atoms with E-state index in [-0.39, 0.29) is 5.41 Å². The van der Waals surface area contributed by atoms with Crippen LogP contribution < -0.4 is 0 Å². The second kappa shape index (κ2) is 5.21. The molecule has 0 aliphatic heterocycles. The largest absolute Gasteiger partial charge is 0.386 e. The van der Waals surface area contributed by atoms with Crippen LogP contribution in [0.15, 0.2) is 35.2 Å². The zero-order valence-corrected chi connectivity index (χ0v) is 11.9. The zero-order chi connectivity index (χ0) is 13.2. The smallest absolute Gasteiger partial charge is 0.101 e. The molecule has 0 saturated heterocycles. The van der Waals surface area contributed by atoms with Crippen LogP contribution in [0.3, 0.4) is 0 Å². The van der Waals surface area contributed by atoms with Crippen LogP contribution in [0.1, 0.15) is 43.7 Å². The Morgan fingerprint density at radius 1 is 1.22 bits per heavy atom. The molecule has 1 aromatic heterocycles. The van der Waals surface area contributed by atoms with Gasteiger partial charge in [-0.1, -0.05) is 45.0 Å². The lowest BCUT2D eigenvalue weighted by molar-refractivity contribution is 0.174. The fourth-order valence-electron chi connectivity index (χ4n) is 1.86. The molecule has 0 aliphatic carbocycles. The molecule has 1 atom stereocenters. The van der Waals surface area contributed by atoms with Gasteiger partial charge in [-0.25, -0.2) is 4.98 Å². The summed E-state index contributed by atoms with van der Waals surface area (Å²) in [6.07, 6.45) is 0.116. The van der Waals surface area contributed by atoms with Gasteiger partial charge < -0.3 is 5.11 Å². The second-order valence-corrected chi connectivity index (χ2v) is 6.30. The van der Waals surface area contributed by atoms with Crippen LogP contribution in [0.4, 0.5) is 0 Å². The third kappa shape index (κ3) is 3.18. The molecule has 0 aliphatic rings. The van der Waals surface area contributed by atoms with Crippen LogP contribution in [-0.2, 0) is 11.8 Å². The first-order valence-corrected chi connectivity index (χ1v) is 7.06. The fourth-order valence-corrected chi connectivity index (χ4v) is 2.46. The monoisotopic (exact) mass is 261 g/mol. The topological polar surface area (TPSA) is 33.1 Å². The lowest BCUT2D eigenvalue weighted by Crippen LogP contribution is -2.11. The average molecular weight is 261 g/mol. The third-order valence-electron chi connectivity index (χ3n) is 3.04. The minimum atomic E-state index is -0.503. The summed E-state index contributed by atoms with van der Waals surface area (Å²) < 4.78 is 0. The quantitative estimate of drug-likeness (QED) is 0.913. The van der Waals surface area contributed by atoms with E-state index in [1.807, 2.05) is 5.38 Å². The summed E-state index contributed by atoms with van der Waals surface area (Å²) in [5, 5.41) is 11.9. The highest BCUT2D eigenvalue weighted by Crippen LogP contribution is 2.24. The highest BCUT2D eigenvalue weighted by atomic mass is 32.1. The van der Waals surface area contributed by atoms with Crippen molar-refractivity contribution in [3.8, 4) is 0 Å². The van der Waals surface area contributed by atoms with Crippen LogP contribution in [0.2, 0.25) is 0 Å². The SMILES string of the molecule is CC(C)(C)c1ccc(CC(O)c2cscn2)cc1. The first kappa shape index (κ1) is 13.2. The van der Waals surface area contributed by atoms with Crippen molar-refractivity contribution >= 4 is 11.3 Å². The molecule has 0 radical (unpaired) electrons. The van der Waals surface area contributed by atoms with Gasteiger partial charge in [0.25, 0.3) is 0 Å². The van der Waals surface area contributed by atoms with Crippen LogP contribution >= 0.6 is 11.3 Å². The number of nitrogens with zero attached hydrogens (tertiary/aromatic N) is 1. The van der Waals surface area contributed by atoms with Gasteiger partial charge in [0.15, 0.2) is 0 Å². The predicted octanol–water partition coefficient (Wildman–Crippen LogP) is 3.72. The Morgan fingerprint density at radius 3 is 2.39 bits per heavy atom. The molecule has 18 heavy (non-hydrogen) atoms. The molecule has 1 unspecified atom stereocenters. The van der Waals surface area contributed by atoms with Gasteiger partial charge in [-0.05, 0) is 16.5 Å². The van der Waals surface area contributed by atoms with Crippen LogP contribution in [0.5, 0.6) is 0 Å². The predicted molar refractivity (Wildman–Crippen MR) is 75.9 cm³/mol. The third-order valence-corrected chi connectivity index (χ3v) is 3.65. The minimum absolute atomic E-state index is 0.173. The molecule has 96 valence electrons. The van der Waals surface area contributed by atoms with Gasteiger partial charge in [0.05, 0.1) is 11.2 Å². The maximum atomic E-state index is 10.0. The van der Waals surface area contributed by atoms with E-state index in [1.54, 1.807) is 5.51 Å². The molecule has 0 amide bonds. The van der Waals surface area contributed by atoms with Gasteiger partial charge in [-0.2, -0.15) is 0 Å². The van der Waals surface area contributed by atoms with Gasteiger partial charge in [0.2, 0.25) is 0 Å². The first-order valence-electron chi connectivity index (χ1n) is 6.12. The molecule has 3 heteroatoms. The van der Waals surface area contributed by atoms with Gasteiger partial charge >= 0.3 is 0 Å². The summed E-state index contributed by atoms with van der Waals surface area (Å²) in [4.78, 5) is 4.14. The molecule has 2 nitrogen and oxygen atoms in total. The van der Waals surface area contributed by atoms with E-state index < -0.39 is 6.10 Å². The first-order chi connectivity index (χ1) is 8.47. The van der Waals surface area contributed by atoms with Crippen molar-refractivity contribution in [3.05, 3.63) is 52.0 Å². The van der Waals surface area contributed by atoms with E-state index in [2.05, 4.69) is 50.0 Å². The highest BCUT2D eigenvalue weighted by molar-refractivity contribution is 7.07. The maximum Gasteiger partial charge on any atom is 0.101 e. The highest BCUT2D eigenvalue weighted by Gasteiger charge is 2.14. The summed E-state index contributed by atoms with van der Waals surface area (Å²) in [6, 6.07) is 8.47. The Bertz CT molecular complexity index is 482. The maximum absolute atomic E-state index is 10.0. The molecule has 1 N–H and O–H groups in total. The zero-order valence-electron chi connectivity index (χ0n) is 11.1. The molecule has 0 spiro atoms. The van der Waals surface area contributed by atoms with Gasteiger partial charge in [-0.3, -0.25) is 0 Å². The standard InChI is InChI=1S/C15H19NOS/c1-15(2,3)12-6-4-11(5-7-12)8-14(17)13-9-18-10-16-13/h4-7,9-10,14,17H,8H2,1-3H3. The molecular weight excluding hydrogens is 242 g/mol. The summed E-state index contributed by atoms with van der Waals surface area (Å²) in [6.45, 7) is 6.60. The number of aliphatic hydroxyl groups is 1. The molecule has 0 saturated carbocycles. The van der Waals surface area contributed by atoms with Gasteiger partial charge in [-0.15, -0.1) is 11.3 Å². The van der Waals surface area contributed by atoms with Crippen LogP contribution in [-0.4, -0.2) is 10.1 Å². The van der Waals surface area contributed by atoms with Crippen molar-refractivity contribution < 1.29 is 5.11 Å². The van der Waals surface area contributed by atoms with Crippen LogP contribution in [0.25, 0.3) is 0 Å². The summed E-state index contributed by atoms with van der Waals surface area (Å²) in [7, 11) is 0. The van der Waals surface area contributed by atoms with E-state index in [0.29, 0.717) is 6.42 Å². The Hall–Kier alpha value is -1.19. The number of thiazole rings is 1. The Kier molecular flexibility index (Phi) is 3.83. The fraction of sp³-hybridized carbons (Fsp3) is 0.400. The average Bonchev–Trinajstić information content (AvgIpc) is 2.82. The van der Waals surface area contributed by atoms with Crippen molar-refractivity contribution in [2.45, 2.75) is 38.7 Å². The van der Waals surface area contributed by atoms with E-state index in [4.69, 9.17) is 0 Å². The van der Waals surface area contributed by atoms with Crippen molar-refractivity contribution in [2.24, 2.45) is 0 Å². The molecule has 2 aromatic rings. The summed E-state index contributed by atoms with van der Waals surface area (Å²) >= 11 is 1.51. The van der Waals surface area contributed by atoms with E-state index >= 15 is 0 Å². The van der Waals surface area contributed by atoms with Gasteiger partial charge in [0.1, 0.15) is 6.10 Å². The molecular formula is C15H19NOS. The molecule has 1 heterocycles. The Morgan fingerprint density at radius 2 is 1.89 bits per heavy atom. The number of aliphatic hydroxyl groups excluding tert-OH is 1. The van der Waals surface area contributed by atoms with E-state index in [1.165, 1.54) is 16.9 Å². The molecule has 1 aromatic carbocycles. The summed E-state index contributed by atoms with van der Waals surface area (Å²) in [5.74, 6) is 0. The lowest BCUT2D eigenvalue weighted by atomic mass is 9.86. The van der Waals surface area contributed by atoms with E-state index in [9.17, 15) is 5.11 Å². The Balaban J connectivity index is 2.07. The normalized spacial score (nSPS) is 13.6. The van der Waals surface area contributed by atoms with Crippen molar-refractivity contribution in [3.63, 3.8) is 0 Å². The number of aromatic nitrogens is 1. The van der Waals surface area contributed by atoms with Crippen LogP contribution in [0, 0.1) is 0 Å². The van der Waals surface area contributed by atoms with E-state index in [0.717, 1.165) is 11.3 Å². The Labute approximate surface area is 112 Å². The number of hydrogen-bond acceptors (Lipinski definition) is 3. The second-order valence-electron chi connectivity index (χ2n) is 5.58. The molecule has 0 bridgehead atoms. The van der Waals surface area contributed by atoms with Crippen molar-refractivity contribution in [1.82, 2.24) is 4.98 Å². The summed E-state index contributed by atoms with van der Waals surface area (Å²) in [5.41, 5.74) is 5.14. The van der Waals surface area contributed by atoms with Crippen molar-refractivity contribution in [2.75, 3.05) is 0 Å². The van der Waals surface area contributed by atoms with Crippen molar-refractivity contribution in [1.29, 1.82) is 0 Å². The van der Waals surface area contributed by atoms with Gasteiger partial charge in [0, 0.05) is 11.8 Å². The molecule has 2 rings (SSSR count).